The highest BCUT2D eigenvalue weighted by Crippen LogP contribution is 2.13. The van der Waals surface area contributed by atoms with Gasteiger partial charge in [-0.2, -0.15) is 0 Å². The molecule has 1 aromatic rings. The fourth-order valence-electron chi connectivity index (χ4n) is 1.17. The SMILES string of the molecule is C[C@@H](Br)C(=O)NC[C@@H](O)c1cccc(F)c1. The fourth-order valence-corrected chi connectivity index (χ4v) is 1.33. The molecule has 0 saturated carbocycles. The monoisotopic (exact) mass is 289 g/mol. The van der Waals surface area contributed by atoms with E-state index in [2.05, 4.69) is 21.2 Å². The number of alkyl halides is 1. The number of benzene rings is 1. The summed E-state index contributed by atoms with van der Waals surface area (Å²) in [5, 5.41) is 12.2. The van der Waals surface area contributed by atoms with Gasteiger partial charge in [-0.05, 0) is 24.6 Å². The van der Waals surface area contributed by atoms with Crippen molar-refractivity contribution in [3.63, 3.8) is 0 Å². The Morgan fingerprint density at radius 2 is 2.31 bits per heavy atom. The van der Waals surface area contributed by atoms with E-state index in [1.807, 2.05) is 0 Å². The lowest BCUT2D eigenvalue weighted by Gasteiger charge is -2.13. The molecule has 0 fully saturated rings. The Labute approximate surface area is 102 Å². The standard InChI is InChI=1S/C11H13BrFNO2/c1-7(12)11(16)14-6-10(15)8-3-2-4-9(13)5-8/h2-5,7,10,15H,6H2,1H3,(H,14,16)/t7-,10-/m1/s1. The van der Waals surface area contributed by atoms with Gasteiger partial charge in [0, 0.05) is 6.54 Å². The molecule has 0 unspecified atom stereocenters. The number of halogens is 2. The maximum atomic E-state index is 12.8. The summed E-state index contributed by atoms with van der Waals surface area (Å²) in [6.45, 7) is 1.75. The number of nitrogens with one attached hydrogen (secondary N) is 1. The molecule has 0 spiro atoms. The van der Waals surface area contributed by atoms with Gasteiger partial charge in [-0.25, -0.2) is 4.39 Å². The second-order valence-electron chi connectivity index (χ2n) is 3.43. The fraction of sp³-hybridized carbons (Fsp3) is 0.364. The first-order valence-corrected chi connectivity index (χ1v) is 5.77. The van der Waals surface area contributed by atoms with Crippen molar-refractivity contribution < 1.29 is 14.3 Å². The van der Waals surface area contributed by atoms with Crippen molar-refractivity contribution in [1.82, 2.24) is 5.32 Å². The minimum Gasteiger partial charge on any atom is -0.387 e. The largest absolute Gasteiger partial charge is 0.387 e. The molecule has 1 amide bonds. The highest BCUT2D eigenvalue weighted by molar-refractivity contribution is 9.10. The topological polar surface area (TPSA) is 49.3 Å². The average Bonchev–Trinajstić information content (AvgIpc) is 2.25. The zero-order chi connectivity index (χ0) is 12.1. The normalized spacial score (nSPS) is 14.2. The van der Waals surface area contributed by atoms with E-state index in [1.165, 1.54) is 18.2 Å². The van der Waals surface area contributed by atoms with E-state index in [0.717, 1.165) is 0 Å². The van der Waals surface area contributed by atoms with Crippen molar-refractivity contribution in [2.75, 3.05) is 6.54 Å². The van der Waals surface area contributed by atoms with Crippen molar-refractivity contribution in [1.29, 1.82) is 0 Å². The molecule has 0 aliphatic rings. The third-order valence-corrected chi connectivity index (χ3v) is 2.48. The molecule has 0 saturated heterocycles. The summed E-state index contributed by atoms with van der Waals surface area (Å²) in [6.07, 6.45) is -0.897. The highest BCUT2D eigenvalue weighted by atomic mass is 79.9. The maximum Gasteiger partial charge on any atom is 0.233 e. The van der Waals surface area contributed by atoms with Crippen LogP contribution in [0.2, 0.25) is 0 Å². The van der Waals surface area contributed by atoms with Gasteiger partial charge in [-0.3, -0.25) is 4.79 Å². The lowest BCUT2D eigenvalue weighted by Crippen LogP contribution is -2.32. The summed E-state index contributed by atoms with van der Waals surface area (Å²) in [5.74, 6) is -0.618. The van der Waals surface area contributed by atoms with Crippen LogP contribution in [0.4, 0.5) is 4.39 Å². The predicted octanol–water partition coefficient (Wildman–Crippen LogP) is 1.76. The quantitative estimate of drug-likeness (QED) is 0.830. The van der Waals surface area contributed by atoms with Crippen LogP contribution in [0.15, 0.2) is 24.3 Å². The summed E-state index contributed by atoms with van der Waals surface area (Å²) in [7, 11) is 0. The minimum atomic E-state index is -0.897. The van der Waals surface area contributed by atoms with Gasteiger partial charge >= 0.3 is 0 Å². The van der Waals surface area contributed by atoms with Crippen LogP contribution in [-0.2, 0) is 4.79 Å². The van der Waals surface area contributed by atoms with Gasteiger partial charge in [0.15, 0.2) is 0 Å². The second kappa shape index (κ2) is 5.96. The number of amides is 1. The molecule has 1 aromatic carbocycles. The van der Waals surface area contributed by atoms with Gasteiger partial charge in [0.05, 0.1) is 10.9 Å². The molecule has 3 nitrogen and oxygen atoms in total. The summed E-state index contributed by atoms with van der Waals surface area (Å²) < 4.78 is 12.8. The molecule has 2 N–H and O–H groups in total. The Balaban J connectivity index is 2.53. The lowest BCUT2D eigenvalue weighted by molar-refractivity contribution is -0.120. The van der Waals surface area contributed by atoms with Crippen LogP contribution in [0.1, 0.15) is 18.6 Å². The van der Waals surface area contributed by atoms with Crippen LogP contribution >= 0.6 is 15.9 Å². The van der Waals surface area contributed by atoms with E-state index in [9.17, 15) is 14.3 Å². The van der Waals surface area contributed by atoms with E-state index < -0.39 is 11.9 Å². The number of aliphatic hydroxyl groups is 1. The Bertz CT molecular complexity index is 371. The Morgan fingerprint density at radius 3 is 2.88 bits per heavy atom. The molecule has 16 heavy (non-hydrogen) atoms. The summed E-state index contributed by atoms with van der Waals surface area (Å²) in [5.41, 5.74) is 0.447. The first-order chi connectivity index (χ1) is 7.50. The van der Waals surface area contributed by atoms with Crippen molar-refractivity contribution in [3.8, 4) is 0 Å². The molecule has 0 aliphatic carbocycles. The zero-order valence-corrected chi connectivity index (χ0v) is 10.4. The molecule has 2 atom stereocenters. The molecule has 0 radical (unpaired) electrons. The van der Waals surface area contributed by atoms with Crippen LogP contribution < -0.4 is 5.32 Å². The molecule has 0 heterocycles. The molecule has 5 heteroatoms. The van der Waals surface area contributed by atoms with Crippen LogP contribution in [0, 0.1) is 5.82 Å². The second-order valence-corrected chi connectivity index (χ2v) is 4.81. The maximum absolute atomic E-state index is 12.8. The smallest absolute Gasteiger partial charge is 0.233 e. The zero-order valence-electron chi connectivity index (χ0n) is 8.78. The number of rotatable bonds is 4. The summed E-state index contributed by atoms with van der Waals surface area (Å²) in [4.78, 5) is 10.9. The Morgan fingerprint density at radius 1 is 1.62 bits per heavy atom. The van der Waals surface area contributed by atoms with Crippen molar-refractivity contribution >= 4 is 21.8 Å². The third-order valence-electron chi connectivity index (χ3n) is 2.06. The van der Waals surface area contributed by atoms with Crippen LogP contribution in [-0.4, -0.2) is 22.4 Å². The van der Waals surface area contributed by atoms with Crippen LogP contribution in [0.5, 0.6) is 0 Å². The van der Waals surface area contributed by atoms with Crippen LogP contribution in [0.25, 0.3) is 0 Å². The molecule has 0 aromatic heterocycles. The first-order valence-electron chi connectivity index (χ1n) is 4.86. The number of carbonyl (C=O) groups is 1. The molecule has 0 bridgehead atoms. The summed E-state index contributed by atoms with van der Waals surface area (Å²) >= 11 is 3.10. The summed E-state index contributed by atoms with van der Waals surface area (Å²) in [6, 6.07) is 5.67. The van der Waals surface area contributed by atoms with Gasteiger partial charge in [-0.1, -0.05) is 28.1 Å². The van der Waals surface area contributed by atoms with Crippen molar-refractivity contribution in [2.45, 2.75) is 17.9 Å². The number of aliphatic hydroxyl groups excluding tert-OH is 1. The number of hydrogen-bond acceptors (Lipinski definition) is 2. The lowest BCUT2D eigenvalue weighted by atomic mass is 10.1. The van der Waals surface area contributed by atoms with E-state index >= 15 is 0 Å². The minimum absolute atomic E-state index is 0.0677. The van der Waals surface area contributed by atoms with E-state index in [0.29, 0.717) is 5.56 Å². The number of hydrogen-bond donors (Lipinski definition) is 2. The van der Waals surface area contributed by atoms with E-state index in [4.69, 9.17) is 0 Å². The molecule has 88 valence electrons. The molecular formula is C11H13BrFNO2. The van der Waals surface area contributed by atoms with E-state index in [1.54, 1.807) is 13.0 Å². The average molecular weight is 290 g/mol. The number of carbonyl (C=O) groups excluding carboxylic acids is 1. The predicted molar refractivity (Wildman–Crippen MR) is 62.8 cm³/mol. The van der Waals surface area contributed by atoms with Gasteiger partial charge < -0.3 is 10.4 Å². The third kappa shape index (κ3) is 3.90. The van der Waals surface area contributed by atoms with Gasteiger partial charge in [0.25, 0.3) is 0 Å². The van der Waals surface area contributed by atoms with Gasteiger partial charge in [-0.15, -0.1) is 0 Å². The first kappa shape index (κ1) is 13.1. The van der Waals surface area contributed by atoms with Crippen LogP contribution in [0.3, 0.4) is 0 Å². The highest BCUT2D eigenvalue weighted by Gasteiger charge is 2.12. The Hall–Kier alpha value is -0.940. The molecular weight excluding hydrogens is 277 g/mol. The van der Waals surface area contributed by atoms with Crippen molar-refractivity contribution in [3.05, 3.63) is 35.6 Å². The molecule has 0 aliphatic heterocycles. The van der Waals surface area contributed by atoms with Crippen molar-refractivity contribution in [2.24, 2.45) is 0 Å². The van der Waals surface area contributed by atoms with Gasteiger partial charge in [0.1, 0.15) is 5.82 Å². The Kier molecular flexibility index (Phi) is 4.89. The van der Waals surface area contributed by atoms with E-state index in [-0.39, 0.29) is 17.3 Å². The van der Waals surface area contributed by atoms with Gasteiger partial charge in [0.2, 0.25) is 5.91 Å². The molecule has 1 rings (SSSR count).